The second-order valence-electron chi connectivity index (χ2n) is 25.4. The summed E-state index contributed by atoms with van der Waals surface area (Å²) in [5, 5.41) is 7.66. The zero-order valence-corrected chi connectivity index (χ0v) is 67.8. The van der Waals surface area contributed by atoms with Crippen molar-refractivity contribution in [2.45, 2.75) is 91.4 Å². The fraction of sp³-hybridized carbons (Fsp3) is 0.853. The first kappa shape index (κ1) is 104. The fourth-order valence-electron chi connectivity index (χ4n) is 8.26. The number of aliphatic imine (C=N–C) groups is 1. The topological polar surface area (TPSA) is 392 Å². The van der Waals surface area contributed by atoms with Gasteiger partial charge in [0.1, 0.15) is 29.6 Å². The molecule has 36 heteroatoms. The summed E-state index contributed by atoms with van der Waals surface area (Å²) in [5.74, 6) is -0.298. The van der Waals surface area contributed by atoms with Crippen LogP contribution in [0.3, 0.4) is 0 Å². The van der Waals surface area contributed by atoms with E-state index in [4.69, 9.17) is 134 Å². The van der Waals surface area contributed by atoms with E-state index in [0.717, 1.165) is 18.4 Å². The van der Waals surface area contributed by atoms with Crippen LogP contribution in [0.5, 0.6) is 5.75 Å². The molecule has 0 saturated heterocycles. The first-order valence-electron chi connectivity index (χ1n) is 38.8. The molecule has 0 aromatic heterocycles. The lowest BCUT2D eigenvalue weighted by atomic mass is 10.1. The van der Waals surface area contributed by atoms with Crippen LogP contribution in [0.2, 0.25) is 0 Å². The van der Waals surface area contributed by atoms with Crippen LogP contribution in [0.4, 0.5) is 9.59 Å². The molecule has 1 aromatic carbocycles. The standard InChI is InChI=1S/C75H139N5O31/c1-8-9-17-109-70(82)68(78-69(81)14-18-85-21-24-88-27-30-91-33-36-94-39-42-97-45-48-100-51-52-101-49-46-98-43-40-95-37-34-92-31-28-89-25-22-86-19-15-76)65-66-10-12-67(13-11-66)108-64-63-107-62-61-106-60-59-105-58-57-104-56-55-103-54-53-102-50-47-99-44-41-96-38-35-93-32-29-90-26-23-87-20-16-77-71(79-72(83)110-74(2,3)4)80-73(84)111-75(5,6)7/h10-13,68H,8-9,14-65,76H2,1-7H3,(H,78,81)(H2,77,79,80,83,84)/t68-/m0/s1. The first-order chi connectivity index (χ1) is 54.1. The molecule has 0 heterocycles. The fourth-order valence-corrected chi connectivity index (χ4v) is 8.26. The Hall–Kier alpha value is -4.79. The van der Waals surface area contributed by atoms with Crippen molar-refractivity contribution >= 4 is 30.0 Å². The van der Waals surface area contributed by atoms with Gasteiger partial charge in [-0.3, -0.25) is 15.4 Å². The van der Waals surface area contributed by atoms with Crippen molar-refractivity contribution in [3.8, 4) is 5.75 Å². The monoisotopic (exact) mass is 1610 g/mol. The molecule has 1 rings (SSSR count). The minimum atomic E-state index is -0.870. The third-order valence-corrected chi connectivity index (χ3v) is 13.5. The number of nitrogens with one attached hydrogen (secondary N) is 3. The van der Waals surface area contributed by atoms with Crippen LogP contribution < -0.4 is 26.4 Å². The van der Waals surface area contributed by atoms with Gasteiger partial charge in [0.2, 0.25) is 11.9 Å². The molecule has 0 bridgehead atoms. The number of nitrogens with two attached hydrogens (primary N) is 1. The second-order valence-corrected chi connectivity index (χ2v) is 25.4. The van der Waals surface area contributed by atoms with Gasteiger partial charge in [-0.05, 0) is 65.7 Å². The molecule has 5 N–H and O–H groups in total. The normalized spacial score (nSPS) is 12.0. The number of carbonyl (C=O) groups is 4. The summed E-state index contributed by atoms with van der Waals surface area (Å²) in [6, 6.07) is 6.45. The Balaban J connectivity index is 1.92. The molecular weight excluding hydrogens is 1470 g/mol. The van der Waals surface area contributed by atoms with E-state index >= 15 is 0 Å². The number of benzene rings is 1. The molecule has 1 aromatic rings. The summed E-state index contributed by atoms with van der Waals surface area (Å²) in [6.45, 7) is 33.3. The van der Waals surface area contributed by atoms with Gasteiger partial charge in [0.05, 0.1) is 317 Å². The van der Waals surface area contributed by atoms with Gasteiger partial charge in [-0.2, -0.15) is 0 Å². The smallest absolute Gasteiger partial charge is 0.414 e. The number of ether oxygens (including phenoxy) is 27. The molecule has 0 fully saturated rings. The summed E-state index contributed by atoms with van der Waals surface area (Å²) in [4.78, 5) is 54.6. The number of esters is 1. The van der Waals surface area contributed by atoms with Crippen molar-refractivity contribution in [3.05, 3.63) is 29.8 Å². The third kappa shape index (κ3) is 78.9. The Labute approximate surface area is 658 Å². The van der Waals surface area contributed by atoms with E-state index in [-0.39, 0.29) is 51.1 Å². The van der Waals surface area contributed by atoms with Crippen LogP contribution in [0.15, 0.2) is 29.3 Å². The van der Waals surface area contributed by atoms with E-state index in [1.54, 1.807) is 41.5 Å². The van der Waals surface area contributed by atoms with Crippen LogP contribution in [0.1, 0.15) is 73.3 Å². The number of nitrogens with zero attached hydrogens (tertiary/aromatic N) is 1. The lowest BCUT2D eigenvalue weighted by Gasteiger charge is -2.22. The van der Waals surface area contributed by atoms with Crippen LogP contribution in [-0.4, -0.2) is 377 Å². The maximum atomic E-state index is 13.1. The molecule has 650 valence electrons. The molecular formula is C75H139N5O31. The quantitative estimate of drug-likeness (QED) is 0.0238. The van der Waals surface area contributed by atoms with Crippen molar-refractivity contribution in [2.24, 2.45) is 10.7 Å². The van der Waals surface area contributed by atoms with Crippen LogP contribution >= 0.6 is 0 Å². The maximum absolute atomic E-state index is 13.1. The average molecular weight is 1610 g/mol. The number of alkyl carbamates (subject to hydrolysis) is 2. The first-order valence-corrected chi connectivity index (χ1v) is 38.8. The highest BCUT2D eigenvalue weighted by Gasteiger charge is 2.24. The zero-order chi connectivity index (χ0) is 80.6. The summed E-state index contributed by atoms with van der Waals surface area (Å²) < 4.78 is 149. The molecule has 0 spiro atoms. The van der Waals surface area contributed by atoms with E-state index in [0.29, 0.717) is 310 Å². The highest BCUT2D eigenvalue weighted by Crippen LogP contribution is 2.15. The summed E-state index contributed by atoms with van der Waals surface area (Å²) in [5.41, 5.74) is 4.71. The van der Waals surface area contributed by atoms with Crippen molar-refractivity contribution < 1.29 is 147 Å². The van der Waals surface area contributed by atoms with Gasteiger partial charge in [-0.1, -0.05) is 25.5 Å². The molecule has 0 unspecified atom stereocenters. The highest BCUT2D eigenvalue weighted by atomic mass is 16.6. The van der Waals surface area contributed by atoms with Crippen LogP contribution in [0.25, 0.3) is 0 Å². The van der Waals surface area contributed by atoms with Crippen molar-refractivity contribution in [3.63, 3.8) is 0 Å². The summed E-state index contributed by atoms with van der Waals surface area (Å²) in [7, 11) is 0. The molecule has 111 heavy (non-hydrogen) atoms. The number of rotatable bonds is 82. The number of hydrogen-bond donors (Lipinski definition) is 4. The Kier molecular flexibility index (Phi) is 74.2. The number of unbranched alkanes of at least 4 members (excludes halogenated alkanes) is 1. The van der Waals surface area contributed by atoms with Gasteiger partial charge in [-0.25, -0.2) is 19.4 Å². The number of hydrogen-bond acceptors (Lipinski definition) is 33. The summed E-state index contributed by atoms with van der Waals surface area (Å²) >= 11 is 0. The van der Waals surface area contributed by atoms with E-state index in [1.165, 1.54) is 0 Å². The predicted molar refractivity (Wildman–Crippen MR) is 407 cm³/mol. The van der Waals surface area contributed by atoms with E-state index < -0.39 is 35.4 Å². The van der Waals surface area contributed by atoms with Crippen molar-refractivity contribution in [1.29, 1.82) is 0 Å². The van der Waals surface area contributed by atoms with Crippen molar-refractivity contribution in [2.75, 3.05) is 330 Å². The lowest BCUT2D eigenvalue weighted by molar-refractivity contribution is -0.148. The zero-order valence-electron chi connectivity index (χ0n) is 67.8. The van der Waals surface area contributed by atoms with Crippen LogP contribution in [0, 0.1) is 0 Å². The Bertz CT molecular complexity index is 2230. The largest absolute Gasteiger partial charge is 0.491 e. The van der Waals surface area contributed by atoms with Gasteiger partial charge >= 0.3 is 18.2 Å². The van der Waals surface area contributed by atoms with Gasteiger partial charge in [0.15, 0.2) is 0 Å². The van der Waals surface area contributed by atoms with E-state index in [9.17, 15) is 19.2 Å². The Morgan fingerprint density at radius 2 is 0.613 bits per heavy atom. The Morgan fingerprint density at radius 1 is 0.351 bits per heavy atom. The minimum Gasteiger partial charge on any atom is -0.491 e. The van der Waals surface area contributed by atoms with E-state index in [2.05, 4.69) is 20.9 Å². The maximum Gasteiger partial charge on any atom is 0.414 e. The predicted octanol–water partition coefficient (Wildman–Crippen LogP) is 3.57. The minimum absolute atomic E-state index is 0.0630. The molecule has 0 saturated carbocycles. The van der Waals surface area contributed by atoms with Gasteiger partial charge in [0.25, 0.3) is 0 Å². The third-order valence-electron chi connectivity index (χ3n) is 13.5. The average Bonchev–Trinajstić information content (AvgIpc) is 0.891. The van der Waals surface area contributed by atoms with Gasteiger partial charge in [-0.15, -0.1) is 0 Å². The molecule has 3 amide bonds. The van der Waals surface area contributed by atoms with Crippen molar-refractivity contribution in [1.82, 2.24) is 16.0 Å². The number of guanidine groups is 1. The Morgan fingerprint density at radius 3 is 0.883 bits per heavy atom. The number of carbonyl (C=O) groups excluding carboxylic acids is 4. The molecule has 0 radical (unpaired) electrons. The molecule has 36 nitrogen and oxygen atoms in total. The van der Waals surface area contributed by atoms with Crippen LogP contribution in [-0.2, 0) is 139 Å². The molecule has 0 aliphatic carbocycles. The van der Waals surface area contributed by atoms with Gasteiger partial charge < -0.3 is 139 Å². The second kappa shape index (κ2) is 79.1. The molecule has 0 aliphatic heterocycles. The summed E-state index contributed by atoms with van der Waals surface area (Å²) in [6.07, 6.45) is 0.349. The van der Waals surface area contributed by atoms with E-state index in [1.807, 2.05) is 31.2 Å². The molecule has 1 atom stereocenters. The van der Waals surface area contributed by atoms with Gasteiger partial charge in [0, 0.05) is 19.4 Å². The number of amides is 3. The SMILES string of the molecule is CCCCOC(=O)[C@H](Cc1ccc(OCCOCCOCCOCCOCCOCCOCCOCCOCCOCCOCCOCCN=C(NC(=O)OC(C)(C)C)NC(=O)OC(C)(C)C)cc1)NC(=O)CCOCCOCCOCCOCCOCCOCCOCCOCCOCCOCCOCCOCCN. The lowest BCUT2D eigenvalue weighted by Crippen LogP contribution is -2.47. The molecule has 0 aliphatic rings. The highest BCUT2D eigenvalue weighted by molar-refractivity contribution is 6.01.